The van der Waals surface area contributed by atoms with Crippen molar-refractivity contribution in [1.82, 2.24) is 4.90 Å². The van der Waals surface area contributed by atoms with Gasteiger partial charge in [-0.2, -0.15) is 5.26 Å². The molecule has 1 heterocycles. The van der Waals surface area contributed by atoms with E-state index in [0.717, 1.165) is 17.6 Å². The summed E-state index contributed by atoms with van der Waals surface area (Å²) in [5.41, 5.74) is 1.84. The van der Waals surface area contributed by atoms with Gasteiger partial charge in [-0.25, -0.2) is 0 Å². The highest BCUT2D eigenvalue weighted by atomic mass is 79.9. The third kappa shape index (κ3) is 3.36. The normalized spacial score (nSPS) is 24.1. The van der Waals surface area contributed by atoms with Crippen LogP contribution in [0.15, 0.2) is 22.7 Å². The monoisotopic (exact) mass is 322 g/mol. The van der Waals surface area contributed by atoms with Crippen LogP contribution in [0.3, 0.4) is 0 Å². The average Bonchev–Trinajstić information content (AvgIpc) is 2.41. The number of rotatable bonds is 3. The van der Waals surface area contributed by atoms with Crippen molar-refractivity contribution in [2.24, 2.45) is 5.92 Å². The fourth-order valence-corrected chi connectivity index (χ4v) is 3.29. The fraction of sp³-hybridized carbons (Fsp3) is 0.533. The lowest BCUT2D eigenvalue weighted by atomic mass is 9.91. The first kappa shape index (κ1) is 14.5. The van der Waals surface area contributed by atoms with E-state index >= 15 is 0 Å². The molecule has 1 saturated heterocycles. The van der Waals surface area contributed by atoms with E-state index in [0.29, 0.717) is 11.5 Å². The molecular formula is C15H19BrN2O. The Bertz CT molecular complexity index is 484. The average molecular weight is 323 g/mol. The van der Waals surface area contributed by atoms with E-state index in [4.69, 9.17) is 5.26 Å². The highest BCUT2D eigenvalue weighted by Gasteiger charge is 2.28. The Morgan fingerprint density at radius 3 is 2.95 bits per heavy atom. The molecule has 2 atom stereocenters. The maximum atomic E-state index is 9.56. The van der Waals surface area contributed by atoms with Crippen molar-refractivity contribution in [3.8, 4) is 6.07 Å². The number of nitrogens with zero attached hydrogens (tertiary/aromatic N) is 2. The number of aliphatic hydroxyl groups excluding tert-OH is 1. The lowest BCUT2D eigenvalue weighted by Gasteiger charge is -2.39. The van der Waals surface area contributed by atoms with Gasteiger partial charge in [0.05, 0.1) is 18.2 Å². The molecule has 0 aliphatic carbocycles. The second-order valence-corrected chi connectivity index (χ2v) is 6.11. The Labute approximate surface area is 123 Å². The van der Waals surface area contributed by atoms with Crippen LogP contribution in [0.2, 0.25) is 0 Å². The smallest absolute Gasteiger partial charge is 0.0992 e. The summed E-state index contributed by atoms with van der Waals surface area (Å²) in [6.45, 7) is 4.28. The first-order chi connectivity index (χ1) is 9.15. The van der Waals surface area contributed by atoms with Crippen LogP contribution in [0, 0.1) is 17.2 Å². The molecule has 1 aromatic carbocycles. The molecule has 1 aliphatic rings. The highest BCUT2D eigenvalue weighted by molar-refractivity contribution is 9.10. The molecule has 0 spiro atoms. The Morgan fingerprint density at radius 2 is 2.32 bits per heavy atom. The van der Waals surface area contributed by atoms with Crippen molar-refractivity contribution >= 4 is 15.9 Å². The minimum atomic E-state index is 0.217. The van der Waals surface area contributed by atoms with Crippen LogP contribution >= 0.6 is 15.9 Å². The Hall–Kier alpha value is -0.890. The summed E-state index contributed by atoms with van der Waals surface area (Å²) in [5, 5.41) is 18.4. The quantitative estimate of drug-likeness (QED) is 0.930. The largest absolute Gasteiger partial charge is 0.395 e. The molecular weight excluding hydrogens is 304 g/mol. The van der Waals surface area contributed by atoms with Crippen molar-refractivity contribution in [1.29, 1.82) is 5.26 Å². The Kier molecular flexibility index (Phi) is 4.98. The number of halogens is 1. The van der Waals surface area contributed by atoms with Crippen LogP contribution in [0.5, 0.6) is 0 Å². The summed E-state index contributed by atoms with van der Waals surface area (Å²) < 4.78 is 0.974. The van der Waals surface area contributed by atoms with Gasteiger partial charge >= 0.3 is 0 Å². The Morgan fingerprint density at radius 1 is 1.53 bits per heavy atom. The zero-order valence-electron chi connectivity index (χ0n) is 11.1. The van der Waals surface area contributed by atoms with E-state index in [1.165, 1.54) is 18.4 Å². The number of piperidine rings is 1. The van der Waals surface area contributed by atoms with Gasteiger partial charge in [0.1, 0.15) is 0 Å². The zero-order valence-corrected chi connectivity index (χ0v) is 12.7. The molecule has 0 saturated carbocycles. The van der Waals surface area contributed by atoms with E-state index < -0.39 is 0 Å². The van der Waals surface area contributed by atoms with Crippen LogP contribution < -0.4 is 0 Å². The molecule has 1 aromatic rings. The third-order valence-electron chi connectivity index (χ3n) is 3.97. The van der Waals surface area contributed by atoms with Gasteiger partial charge in [0.25, 0.3) is 0 Å². The van der Waals surface area contributed by atoms with Gasteiger partial charge in [-0.1, -0.05) is 28.9 Å². The van der Waals surface area contributed by atoms with Gasteiger partial charge in [0, 0.05) is 17.1 Å². The molecule has 0 radical (unpaired) electrons. The first-order valence-electron chi connectivity index (χ1n) is 6.69. The highest BCUT2D eigenvalue weighted by Crippen LogP contribution is 2.27. The molecule has 3 nitrogen and oxygen atoms in total. The topological polar surface area (TPSA) is 47.3 Å². The molecule has 0 bridgehead atoms. The van der Waals surface area contributed by atoms with E-state index in [2.05, 4.69) is 33.8 Å². The lowest BCUT2D eigenvalue weighted by molar-refractivity contribution is 0.0471. The number of hydrogen-bond donors (Lipinski definition) is 1. The van der Waals surface area contributed by atoms with E-state index in [1.54, 1.807) is 0 Å². The van der Waals surface area contributed by atoms with Crippen molar-refractivity contribution < 1.29 is 5.11 Å². The van der Waals surface area contributed by atoms with Crippen molar-refractivity contribution in [3.05, 3.63) is 33.8 Å². The minimum Gasteiger partial charge on any atom is -0.395 e. The number of nitriles is 1. The molecule has 4 heteroatoms. The molecule has 102 valence electrons. The zero-order chi connectivity index (χ0) is 13.8. The fourth-order valence-electron chi connectivity index (χ4n) is 2.79. The van der Waals surface area contributed by atoms with Crippen molar-refractivity contribution in [3.63, 3.8) is 0 Å². The third-order valence-corrected chi connectivity index (χ3v) is 4.71. The molecule has 1 aliphatic heterocycles. The van der Waals surface area contributed by atoms with Crippen LogP contribution in [-0.2, 0) is 6.54 Å². The van der Waals surface area contributed by atoms with Crippen LogP contribution in [0.4, 0.5) is 0 Å². The van der Waals surface area contributed by atoms with Gasteiger partial charge in [0.15, 0.2) is 0 Å². The molecule has 1 N–H and O–H groups in total. The standard InChI is InChI=1S/C15H19BrN2O/c1-11-3-2-6-18(15(11)10-19)9-13-5-4-12(8-17)7-14(13)16/h4-5,7,11,15,19H,2-3,6,9-10H2,1H3. The maximum absolute atomic E-state index is 9.56. The maximum Gasteiger partial charge on any atom is 0.0992 e. The second-order valence-electron chi connectivity index (χ2n) is 5.26. The minimum absolute atomic E-state index is 0.217. The summed E-state index contributed by atoms with van der Waals surface area (Å²) in [6.07, 6.45) is 2.38. The molecule has 2 unspecified atom stereocenters. The molecule has 0 amide bonds. The molecule has 19 heavy (non-hydrogen) atoms. The second kappa shape index (κ2) is 6.51. The van der Waals surface area contributed by atoms with Crippen LogP contribution in [-0.4, -0.2) is 29.2 Å². The summed E-state index contributed by atoms with van der Waals surface area (Å²) in [7, 11) is 0. The lowest BCUT2D eigenvalue weighted by Crippen LogP contribution is -2.46. The van der Waals surface area contributed by atoms with Crippen molar-refractivity contribution in [2.75, 3.05) is 13.2 Å². The van der Waals surface area contributed by atoms with Gasteiger partial charge in [-0.3, -0.25) is 4.90 Å². The predicted molar refractivity (Wildman–Crippen MR) is 78.5 cm³/mol. The molecule has 0 aromatic heterocycles. The molecule has 1 fully saturated rings. The van der Waals surface area contributed by atoms with E-state index in [1.807, 2.05) is 18.2 Å². The first-order valence-corrected chi connectivity index (χ1v) is 7.48. The summed E-state index contributed by atoms with van der Waals surface area (Å²) >= 11 is 3.53. The van der Waals surface area contributed by atoms with Crippen LogP contribution in [0.25, 0.3) is 0 Å². The van der Waals surface area contributed by atoms with E-state index in [9.17, 15) is 5.11 Å². The summed E-state index contributed by atoms with van der Waals surface area (Å²) in [6, 6.07) is 8.09. The van der Waals surface area contributed by atoms with Gasteiger partial charge in [-0.05, 0) is 43.0 Å². The Balaban J connectivity index is 2.14. The number of benzene rings is 1. The molecule has 2 rings (SSSR count). The van der Waals surface area contributed by atoms with E-state index in [-0.39, 0.29) is 12.6 Å². The van der Waals surface area contributed by atoms with Crippen LogP contribution in [0.1, 0.15) is 30.9 Å². The van der Waals surface area contributed by atoms with Gasteiger partial charge < -0.3 is 5.11 Å². The SMILES string of the molecule is CC1CCCN(Cc2ccc(C#N)cc2Br)C1CO. The summed E-state index contributed by atoms with van der Waals surface area (Å²) in [4.78, 5) is 2.35. The summed E-state index contributed by atoms with van der Waals surface area (Å²) in [5.74, 6) is 0.538. The number of hydrogen-bond acceptors (Lipinski definition) is 3. The van der Waals surface area contributed by atoms with Gasteiger partial charge in [0.2, 0.25) is 0 Å². The predicted octanol–water partition coefficient (Wildman–Crippen LogP) is 2.91. The number of aliphatic hydroxyl groups is 1. The van der Waals surface area contributed by atoms with Crippen molar-refractivity contribution in [2.45, 2.75) is 32.4 Å². The van der Waals surface area contributed by atoms with Gasteiger partial charge in [-0.15, -0.1) is 0 Å². The number of likely N-dealkylation sites (tertiary alicyclic amines) is 1.